The Balaban J connectivity index is 1.94. The third-order valence-corrected chi connectivity index (χ3v) is 4.52. The van der Waals surface area contributed by atoms with Gasteiger partial charge in [-0.1, -0.05) is 84.9 Å². The van der Waals surface area contributed by atoms with Crippen molar-refractivity contribution in [3.05, 3.63) is 109 Å². The van der Waals surface area contributed by atoms with Gasteiger partial charge in [0.05, 0.1) is 17.1 Å². The molecule has 0 spiro atoms. The number of nitrogens with zero attached hydrogens (tertiary/aromatic N) is 2. The highest BCUT2D eigenvalue weighted by molar-refractivity contribution is 6.01. The number of aromatic nitrogens is 1. The van der Waals surface area contributed by atoms with Gasteiger partial charge in [-0.15, -0.1) is 0 Å². The minimum atomic E-state index is 0.888. The van der Waals surface area contributed by atoms with Gasteiger partial charge in [0.15, 0.2) is 0 Å². The smallest absolute Gasteiger partial charge is 0.0841 e. The normalized spacial score (nSPS) is 11.4. The quantitative estimate of drug-likeness (QED) is 0.384. The second kappa shape index (κ2) is 7.79. The van der Waals surface area contributed by atoms with E-state index in [9.17, 15) is 0 Å². The van der Waals surface area contributed by atoms with Crippen LogP contribution in [0.15, 0.2) is 108 Å². The summed E-state index contributed by atoms with van der Waals surface area (Å²) in [7, 11) is 0. The van der Waals surface area contributed by atoms with E-state index >= 15 is 0 Å². The van der Waals surface area contributed by atoms with Gasteiger partial charge in [-0.2, -0.15) is 0 Å². The third-order valence-electron chi connectivity index (χ3n) is 4.52. The van der Waals surface area contributed by atoms with Gasteiger partial charge < -0.3 is 0 Å². The number of hydrogen-bond acceptors (Lipinski definition) is 2. The zero-order chi connectivity index (χ0) is 18.5. The Kier molecular flexibility index (Phi) is 4.88. The first-order valence-electron chi connectivity index (χ1n) is 9.03. The molecule has 4 aromatic rings. The van der Waals surface area contributed by atoms with Crippen LogP contribution in [-0.4, -0.2) is 10.7 Å². The highest BCUT2D eigenvalue weighted by Gasteiger charge is 2.12. The number of para-hydroxylation sites is 1. The average Bonchev–Trinajstić information content (AvgIpc) is 2.76. The first-order chi connectivity index (χ1) is 13.3. The van der Waals surface area contributed by atoms with E-state index in [4.69, 9.17) is 4.99 Å². The highest BCUT2D eigenvalue weighted by Crippen LogP contribution is 2.39. The summed E-state index contributed by atoms with van der Waals surface area (Å²) in [4.78, 5) is 9.48. The standard InChI is InChI=1S/C25H20N2/c1-19(24-17-8-9-18-26-24)27-25-22(20-11-4-2-5-12-20)15-10-16-23(25)21-13-6-3-7-14-21/h2-18H,1H3. The molecule has 1 aromatic heterocycles. The second-order valence-electron chi connectivity index (χ2n) is 6.35. The molecule has 0 N–H and O–H groups in total. The number of rotatable bonds is 4. The number of benzene rings is 3. The molecule has 0 radical (unpaired) electrons. The minimum Gasteiger partial charge on any atom is -0.255 e. The van der Waals surface area contributed by atoms with Crippen LogP contribution < -0.4 is 0 Å². The van der Waals surface area contributed by atoms with E-state index in [2.05, 4.69) is 71.7 Å². The van der Waals surface area contributed by atoms with Crippen LogP contribution in [0.3, 0.4) is 0 Å². The van der Waals surface area contributed by atoms with Crippen LogP contribution in [0.2, 0.25) is 0 Å². The summed E-state index contributed by atoms with van der Waals surface area (Å²) >= 11 is 0. The van der Waals surface area contributed by atoms with E-state index < -0.39 is 0 Å². The molecule has 0 unspecified atom stereocenters. The Morgan fingerprint density at radius 1 is 0.630 bits per heavy atom. The van der Waals surface area contributed by atoms with Gasteiger partial charge >= 0.3 is 0 Å². The maximum absolute atomic E-state index is 5.04. The maximum Gasteiger partial charge on any atom is 0.0841 e. The molecule has 27 heavy (non-hydrogen) atoms. The van der Waals surface area contributed by atoms with Crippen LogP contribution in [-0.2, 0) is 0 Å². The molecule has 2 nitrogen and oxygen atoms in total. The van der Waals surface area contributed by atoms with Crippen molar-refractivity contribution in [2.45, 2.75) is 6.92 Å². The monoisotopic (exact) mass is 348 g/mol. The van der Waals surface area contributed by atoms with Crippen LogP contribution >= 0.6 is 0 Å². The van der Waals surface area contributed by atoms with E-state index in [-0.39, 0.29) is 0 Å². The molecule has 0 atom stereocenters. The van der Waals surface area contributed by atoms with Crippen molar-refractivity contribution < 1.29 is 0 Å². The lowest BCUT2D eigenvalue weighted by Gasteiger charge is -2.13. The van der Waals surface area contributed by atoms with E-state index in [1.165, 1.54) is 0 Å². The first-order valence-corrected chi connectivity index (χ1v) is 9.03. The molecule has 0 fully saturated rings. The van der Waals surface area contributed by atoms with Crippen molar-refractivity contribution in [1.82, 2.24) is 4.98 Å². The zero-order valence-corrected chi connectivity index (χ0v) is 15.2. The molecule has 1 heterocycles. The predicted octanol–water partition coefficient (Wildman–Crippen LogP) is 6.56. The highest BCUT2D eigenvalue weighted by atomic mass is 14.8. The molecular weight excluding hydrogens is 328 g/mol. The van der Waals surface area contributed by atoms with Crippen LogP contribution in [0.1, 0.15) is 12.6 Å². The molecule has 0 saturated heterocycles. The minimum absolute atomic E-state index is 0.888. The lowest BCUT2D eigenvalue weighted by molar-refractivity contribution is 1.28. The Morgan fingerprint density at radius 3 is 1.70 bits per heavy atom. The van der Waals surface area contributed by atoms with Crippen LogP contribution in [0.25, 0.3) is 22.3 Å². The van der Waals surface area contributed by atoms with E-state index in [0.29, 0.717) is 0 Å². The van der Waals surface area contributed by atoms with Crippen molar-refractivity contribution in [3.8, 4) is 22.3 Å². The van der Waals surface area contributed by atoms with E-state index in [1.54, 1.807) is 6.20 Å². The summed E-state index contributed by atoms with van der Waals surface area (Å²) in [6.07, 6.45) is 1.80. The van der Waals surface area contributed by atoms with Crippen LogP contribution in [0, 0.1) is 0 Å². The van der Waals surface area contributed by atoms with Crippen molar-refractivity contribution >= 4 is 11.4 Å². The molecule has 0 aliphatic carbocycles. The number of hydrogen-bond donors (Lipinski definition) is 0. The van der Waals surface area contributed by atoms with Gasteiger partial charge in [-0.25, -0.2) is 0 Å². The Morgan fingerprint density at radius 2 is 1.19 bits per heavy atom. The second-order valence-corrected chi connectivity index (χ2v) is 6.35. The average molecular weight is 348 g/mol. The van der Waals surface area contributed by atoms with Gasteiger partial charge in [0.2, 0.25) is 0 Å². The lowest BCUT2D eigenvalue weighted by atomic mass is 9.96. The summed E-state index contributed by atoms with van der Waals surface area (Å²) in [5.74, 6) is 0. The van der Waals surface area contributed by atoms with Crippen LogP contribution in [0.5, 0.6) is 0 Å². The summed E-state index contributed by atoms with van der Waals surface area (Å²) in [5.41, 5.74) is 7.30. The maximum atomic E-state index is 5.04. The first kappa shape index (κ1) is 16.9. The van der Waals surface area contributed by atoms with Gasteiger partial charge in [0.1, 0.15) is 0 Å². The SMILES string of the molecule is CC(=Nc1c(-c2ccccc2)cccc1-c1ccccc1)c1ccccn1. The van der Waals surface area contributed by atoms with Crippen molar-refractivity contribution in [1.29, 1.82) is 0 Å². The zero-order valence-electron chi connectivity index (χ0n) is 15.2. The summed E-state index contributed by atoms with van der Waals surface area (Å²) in [6.45, 7) is 2.01. The molecule has 0 aliphatic heterocycles. The molecule has 130 valence electrons. The molecule has 0 aliphatic rings. The van der Waals surface area contributed by atoms with Gasteiger partial charge in [0.25, 0.3) is 0 Å². The molecule has 0 amide bonds. The van der Waals surface area contributed by atoms with Gasteiger partial charge in [-0.3, -0.25) is 9.98 Å². The number of pyridine rings is 1. The molecule has 4 rings (SSSR count). The lowest BCUT2D eigenvalue weighted by Crippen LogP contribution is -1.97. The summed E-state index contributed by atoms with van der Waals surface area (Å²) in [5, 5.41) is 0. The summed E-state index contributed by atoms with van der Waals surface area (Å²) in [6, 6.07) is 33.1. The third kappa shape index (κ3) is 3.70. The Hall–Kier alpha value is -3.52. The fourth-order valence-corrected chi connectivity index (χ4v) is 3.17. The van der Waals surface area contributed by atoms with Crippen molar-refractivity contribution in [2.24, 2.45) is 4.99 Å². The predicted molar refractivity (Wildman–Crippen MR) is 113 cm³/mol. The van der Waals surface area contributed by atoms with Crippen molar-refractivity contribution in [3.63, 3.8) is 0 Å². The molecular formula is C25H20N2. The topological polar surface area (TPSA) is 25.2 Å². The van der Waals surface area contributed by atoms with Crippen LogP contribution in [0.4, 0.5) is 5.69 Å². The molecule has 0 saturated carbocycles. The van der Waals surface area contributed by atoms with Gasteiger partial charge in [0, 0.05) is 17.3 Å². The fraction of sp³-hybridized carbons (Fsp3) is 0.0400. The van der Waals surface area contributed by atoms with E-state index in [1.807, 2.05) is 37.3 Å². The Labute approximate surface area is 159 Å². The largest absolute Gasteiger partial charge is 0.255 e. The Bertz CT molecular complexity index is 995. The molecule has 0 bridgehead atoms. The molecule has 2 heteroatoms. The summed E-state index contributed by atoms with van der Waals surface area (Å²) < 4.78 is 0. The van der Waals surface area contributed by atoms with Gasteiger partial charge in [-0.05, 0) is 30.2 Å². The molecule has 3 aromatic carbocycles. The number of aliphatic imine (C=N–C) groups is 1. The van der Waals surface area contributed by atoms with Crippen molar-refractivity contribution in [2.75, 3.05) is 0 Å². The fourth-order valence-electron chi connectivity index (χ4n) is 3.17. The van der Waals surface area contributed by atoms with E-state index in [0.717, 1.165) is 39.3 Å².